The number of rotatable bonds is 7. The lowest BCUT2D eigenvalue weighted by Gasteiger charge is -2.30. The summed E-state index contributed by atoms with van der Waals surface area (Å²) >= 11 is 3.48. The number of nitrogens with zero attached hydrogens (tertiary/aromatic N) is 1. The minimum Gasteiger partial charge on any atom is -0.371 e. The first-order valence-corrected chi connectivity index (χ1v) is 10.2. The Hall–Kier alpha value is -2.24. The molecule has 28 heavy (non-hydrogen) atoms. The molecule has 0 N–H and O–H groups in total. The third-order valence-electron chi connectivity index (χ3n) is 5.06. The number of aromatic nitrogens is 1. The van der Waals surface area contributed by atoms with Crippen molar-refractivity contribution in [3.05, 3.63) is 105 Å². The summed E-state index contributed by atoms with van der Waals surface area (Å²) in [7, 11) is 0. The van der Waals surface area contributed by atoms with E-state index in [2.05, 4.69) is 15.9 Å². The zero-order valence-electron chi connectivity index (χ0n) is 15.3. The fourth-order valence-corrected chi connectivity index (χ4v) is 3.62. The highest BCUT2D eigenvalue weighted by molar-refractivity contribution is 9.10. The van der Waals surface area contributed by atoms with Gasteiger partial charge in [0.2, 0.25) is 0 Å². The maximum Gasteiger partial charge on any atom is 0.251 e. The summed E-state index contributed by atoms with van der Waals surface area (Å²) < 4.78 is 22.6. The Kier molecular flexibility index (Phi) is 5.74. The largest absolute Gasteiger partial charge is 0.371 e. The van der Waals surface area contributed by atoms with Crippen LogP contribution in [0.1, 0.15) is 36.1 Å². The highest BCUT2D eigenvalue weighted by Crippen LogP contribution is 2.38. The lowest BCUT2D eigenvalue weighted by Crippen LogP contribution is -2.30. The Labute approximate surface area is 171 Å². The number of pyridine rings is 1. The lowest BCUT2D eigenvalue weighted by atomic mass is 9.95. The first-order valence-electron chi connectivity index (χ1n) is 9.41. The van der Waals surface area contributed by atoms with Gasteiger partial charge in [0.1, 0.15) is 11.9 Å². The first-order chi connectivity index (χ1) is 13.6. The summed E-state index contributed by atoms with van der Waals surface area (Å²) in [4.78, 5) is 12.7. The van der Waals surface area contributed by atoms with Crippen LogP contribution in [0, 0.1) is 11.7 Å². The number of benzene rings is 2. The summed E-state index contributed by atoms with van der Waals surface area (Å²) in [6, 6.07) is 19.0. The van der Waals surface area contributed by atoms with Crippen LogP contribution in [0.15, 0.2) is 82.2 Å². The van der Waals surface area contributed by atoms with Gasteiger partial charge in [-0.1, -0.05) is 46.3 Å². The fraction of sp³-hybridized carbons (Fsp3) is 0.261. The maximum absolute atomic E-state index is 13.6. The molecule has 1 aliphatic carbocycles. The van der Waals surface area contributed by atoms with E-state index in [1.54, 1.807) is 29.0 Å². The molecule has 0 amide bonds. The SMILES string of the molecule is O=c1ccccn1C(c1ccc(F)cc1)C(OCC1CC1)c1ccc(Br)cc1. The molecule has 1 saturated carbocycles. The van der Waals surface area contributed by atoms with Gasteiger partial charge in [0.25, 0.3) is 5.56 Å². The molecule has 0 aliphatic heterocycles. The van der Waals surface area contributed by atoms with E-state index in [4.69, 9.17) is 4.74 Å². The minimum atomic E-state index is -0.394. The Balaban J connectivity index is 1.81. The number of hydrogen-bond donors (Lipinski definition) is 0. The molecule has 3 nitrogen and oxygen atoms in total. The van der Waals surface area contributed by atoms with Crippen LogP contribution in [0.25, 0.3) is 0 Å². The standard InChI is InChI=1S/C23H21BrFNO2/c24-19-10-6-18(7-11-19)23(28-15-16-4-5-16)22(17-8-12-20(25)13-9-17)26-14-2-1-3-21(26)27/h1-3,6-14,16,22-23H,4-5,15H2. The van der Waals surface area contributed by atoms with Crippen molar-refractivity contribution in [2.24, 2.45) is 5.92 Å². The lowest BCUT2D eigenvalue weighted by molar-refractivity contribution is 0.0182. The predicted molar refractivity (Wildman–Crippen MR) is 111 cm³/mol. The summed E-state index contributed by atoms with van der Waals surface area (Å²) in [6.45, 7) is 0.653. The minimum absolute atomic E-state index is 0.117. The Bertz CT molecular complexity index is 980. The number of halogens is 2. The smallest absolute Gasteiger partial charge is 0.251 e. The van der Waals surface area contributed by atoms with Gasteiger partial charge in [-0.05, 0) is 60.2 Å². The van der Waals surface area contributed by atoms with E-state index < -0.39 is 6.04 Å². The van der Waals surface area contributed by atoms with Crippen molar-refractivity contribution in [3.63, 3.8) is 0 Å². The average Bonchev–Trinajstić information content (AvgIpc) is 3.52. The summed E-state index contributed by atoms with van der Waals surface area (Å²) in [5, 5.41) is 0. The molecular weight excluding hydrogens is 421 g/mol. The molecule has 4 rings (SSSR count). The van der Waals surface area contributed by atoms with Crippen molar-refractivity contribution in [2.75, 3.05) is 6.61 Å². The molecule has 1 aliphatic rings. The van der Waals surface area contributed by atoms with Gasteiger partial charge >= 0.3 is 0 Å². The van der Waals surface area contributed by atoms with Gasteiger partial charge in [0.05, 0.1) is 12.6 Å². The molecule has 3 aromatic rings. The van der Waals surface area contributed by atoms with Gasteiger partial charge in [-0.25, -0.2) is 4.39 Å². The van der Waals surface area contributed by atoms with Crippen LogP contribution in [0.2, 0.25) is 0 Å². The number of hydrogen-bond acceptors (Lipinski definition) is 2. The van der Waals surface area contributed by atoms with E-state index in [9.17, 15) is 9.18 Å². The first kappa shape index (κ1) is 19.1. The second-order valence-corrected chi connectivity index (χ2v) is 8.11. The molecule has 2 atom stereocenters. The predicted octanol–water partition coefficient (Wildman–Crippen LogP) is 5.51. The Morgan fingerprint density at radius 2 is 1.68 bits per heavy atom. The highest BCUT2D eigenvalue weighted by Gasteiger charge is 2.31. The topological polar surface area (TPSA) is 31.2 Å². The number of ether oxygens (including phenoxy) is 1. The normalized spacial score (nSPS) is 15.9. The molecule has 0 bridgehead atoms. The molecule has 1 fully saturated rings. The average molecular weight is 442 g/mol. The van der Waals surface area contributed by atoms with Gasteiger partial charge in [-0.3, -0.25) is 4.79 Å². The van der Waals surface area contributed by atoms with E-state index >= 15 is 0 Å². The third kappa shape index (κ3) is 4.42. The molecule has 144 valence electrons. The second kappa shape index (κ2) is 8.41. The van der Waals surface area contributed by atoms with Gasteiger partial charge in [-0.2, -0.15) is 0 Å². The maximum atomic E-state index is 13.6. The van der Waals surface area contributed by atoms with Crippen LogP contribution in [0.4, 0.5) is 4.39 Å². The monoisotopic (exact) mass is 441 g/mol. The molecule has 0 radical (unpaired) electrons. The second-order valence-electron chi connectivity index (χ2n) is 7.19. The summed E-state index contributed by atoms with van der Waals surface area (Å²) in [5.74, 6) is 0.279. The van der Waals surface area contributed by atoms with Crippen molar-refractivity contribution in [3.8, 4) is 0 Å². The van der Waals surface area contributed by atoms with E-state index in [0.29, 0.717) is 12.5 Å². The molecule has 2 unspecified atom stereocenters. The van der Waals surface area contributed by atoms with Crippen LogP contribution >= 0.6 is 15.9 Å². The van der Waals surface area contributed by atoms with Crippen molar-refractivity contribution < 1.29 is 9.13 Å². The van der Waals surface area contributed by atoms with Crippen LogP contribution in [-0.2, 0) is 4.74 Å². The van der Waals surface area contributed by atoms with E-state index in [1.165, 1.54) is 31.0 Å². The molecule has 0 spiro atoms. The van der Waals surface area contributed by atoms with Crippen molar-refractivity contribution in [1.82, 2.24) is 4.57 Å². The van der Waals surface area contributed by atoms with Crippen molar-refractivity contribution in [1.29, 1.82) is 0 Å². The third-order valence-corrected chi connectivity index (χ3v) is 5.58. The summed E-state index contributed by atoms with van der Waals surface area (Å²) in [6.07, 6.45) is 3.77. The zero-order valence-corrected chi connectivity index (χ0v) is 16.9. The molecule has 5 heteroatoms. The van der Waals surface area contributed by atoms with Crippen LogP contribution in [-0.4, -0.2) is 11.2 Å². The quantitative estimate of drug-likeness (QED) is 0.484. The van der Waals surface area contributed by atoms with Crippen LogP contribution in [0.3, 0.4) is 0 Å². The highest BCUT2D eigenvalue weighted by atomic mass is 79.9. The Morgan fingerprint density at radius 1 is 1.00 bits per heavy atom. The van der Waals surface area contributed by atoms with E-state index in [1.807, 2.05) is 30.3 Å². The summed E-state index contributed by atoms with van der Waals surface area (Å²) in [5.41, 5.74) is 1.70. The molecule has 0 saturated heterocycles. The zero-order chi connectivity index (χ0) is 19.5. The molecule has 1 heterocycles. The van der Waals surface area contributed by atoms with Gasteiger partial charge in [0, 0.05) is 16.7 Å². The van der Waals surface area contributed by atoms with E-state index in [0.717, 1.165) is 15.6 Å². The van der Waals surface area contributed by atoms with Crippen LogP contribution in [0.5, 0.6) is 0 Å². The molecule has 2 aromatic carbocycles. The van der Waals surface area contributed by atoms with Gasteiger partial charge in [0.15, 0.2) is 0 Å². The molecule has 1 aromatic heterocycles. The van der Waals surface area contributed by atoms with E-state index in [-0.39, 0.29) is 17.5 Å². The van der Waals surface area contributed by atoms with Gasteiger partial charge < -0.3 is 9.30 Å². The molecular formula is C23H21BrFNO2. The van der Waals surface area contributed by atoms with Crippen molar-refractivity contribution >= 4 is 15.9 Å². The van der Waals surface area contributed by atoms with Crippen LogP contribution < -0.4 is 5.56 Å². The Morgan fingerprint density at radius 3 is 2.32 bits per heavy atom. The fourth-order valence-electron chi connectivity index (χ4n) is 3.36. The van der Waals surface area contributed by atoms with Gasteiger partial charge in [-0.15, -0.1) is 0 Å². The van der Waals surface area contributed by atoms with Crippen molar-refractivity contribution in [2.45, 2.75) is 25.0 Å².